The molecule has 1 aliphatic rings. The highest BCUT2D eigenvalue weighted by Gasteiger charge is 2.41. The fraction of sp³-hybridized carbons (Fsp3) is 0.625. The lowest BCUT2D eigenvalue weighted by Gasteiger charge is -2.42. The Morgan fingerprint density at radius 3 is 2.06 bits per heavy atom. The number of benzene rings is 1. The van der Waals surface area contributed by atoms with Crippen LogP contribution >= 0.6 is 0 Å². The van der Waals surface area contributed by atoms with Gasteiger partial charge in [0.25, 0.3) is 0 Å². The number of rotatable bonds is 5. The van der Waals surface area contributed by atoms with Crippen LogP contribution in [0, 0.1) is 0 Å². The number of fused-ring (bicyclic) bond motifs is 1. The Labute approximate surface area is 111 Å². The average Bonchev–Trinajstić information content (AvgIpc) is 2.79. The molecule has 0 amide bonds. The number of likely N-dealkylation sites (N-methyl/N-ethyl adjacent to an activating group) is 1. The molecule has 0 fully saturated rings. The van der Waals surface area contributed by atoms with E-state index in [0.29, 0.717) is 6.04 Å². The molecule has 2 nitrogen and oxygen atoms in total. The first-order valence-corrected chi connectivity index (χ1v) is 7.16. The van der Waals surface area contributed by atoms with E-state index in [-0.39, 0.29) is 5.54 Å². The predicted octanol–water partition coefficient (Wildman–Crippen LogP) is 2.60. The Morgan fingerprint density at radius 2 is 1.67 bits per heavy atom. The molecule has 0 heterocycles. The van der Waals surface area contributed by atoms with Gasteiger partial charge in [-0.2, -0.15) is 0 Å². The van der Waals surface area contributed by atoms with Crippen molar-refractivity contribution >= 4 is 0 Å². The summed E-state index contributed by atoms with van der Waals surface area (Å²) in [5.74, 6) is 0. The third-order valence-corrected chi connectivity index (χ3v) is 4.78. The molecule has 0 saturated carbocycles. The first kappa shape index (κ1) is 13.6. The van der Waals surface area contributed by atoms with E-state index in [1.165, 1.54) is 24.0 Å². The minimum atomic E-state index is 0.139. The molecule has 0 radical (unpaired) electrons. The van der Waals surface area contributed by atoms with E-state index >= 15 is 0 Å². The second-order valence-electron chi connectivity index (χ2n) is 5.63. The molecule has 2 N–H and O–H groups in total. The van der Waals surface area contributed by atoms with E-state index in [1.807, 2.05) is 0 Å². The van der Waals surface area contributed by atoms with Crippen LogP contribution in [0.15, 0.2) is 24.3 Å². The Hall–Kier alpha value is -0.860. The fourth-order valence-electron chi connectivity index (χ4n) is 3.44. The molecule has 0 unspecified atom stereocenters. The molecule has 1 aromatic carbocycles. The molecule has 0 aromatic heterocycles. The summed E-state index contributed by atoms with van der Waals surface area (Å²) in [4.78, 5) is 2.55. The number of nitrogens with zero attached hydrogens (tertiary/aromatic N) is 1. The summed E-state index contributed by atoms with van der Waals surface area (Å²) in [6.07, 6.45) is 4.61. The summed E-state index contributed by atoms with van der Waals surface area (Å²) in [6, 6.07) is 9.44. The second kappa shape index (κ2) is 5.41. The third kappa shape index (κ3) is 2.19. The first-order chi connectivity index (χ1) is 8.66. The van der Waals surface area contributed by atoms with Crippen LogP contribution in [-0.4, -0.2) is 30.1 Å². The molecule has 1 aliphatic carbocycles. The van der Waals surface area contributed by atoms with Crippen LogP contribution in [0.2, 0.25) is 0 Å². The van der Waals surface area contributed by atoms with Crippen LogP contribution < -0.4 is 5.73 Å². The molecular weight excluding hydrogens is 220 g/mol. The normalized spacial score (nSPS) is 17.4. The van der Waals surface area contributed by atoms with E-state index in [9.17, 15) is 0 Å². The Morgan fingerprint density at radius 1 is 1.17 bits per heavy atom. The zero-order valence-corrected chi connectivity index (χ0v) is 11.9. The fourth-order valence-corrected chi connectivity index (χ4v) is 3.44. The Balaban J connectivity index is 2.25. The van der Waals surface area contributed by atoms with E-state index in [1.54, 1.807) is 0 Å². The quantitative estimate of drug-likeness (QED) is 0.865. The molecule has 18 heavy (non-hydrogen) atoms. The van der Waals surface area contributed by atoms with Gasteiger partial charge < -0.3 is 5.73 Å². The van der Waals surface area contributed by atoms with Crippen molar-refractivity contribution < 1.29 is 0 Å². The maximum Gasteiger partial charge on any atom is 0.0412 e. The number of nitrogens with two attached hydrogens (primary N) is 1. The van der Waals surface area contributed by atoms with E-state index in [2.05, 4.69) is 50.1 Å². The smallest absolute Gasteiger partial charge is 0.0412 e. The summed E-state index contributed by atoms with van der Waals surface area (Å²) in [6.45, 7) is 5.29. The van der Waals surface area contributed by atoms with Crippen LogP contribution in [0.4, 0.5) is 0 Å². The summed E-state index contributed by atoms with van der Waals surface area (Å²) < 4.78 is 0. The molecule has 0 atom stereocenters. The Kier molecular flexibility index (Phi) is 4.08. The van der Waals surface area contributed by atoms with Crippen molar-refractivity contribution in [3.05, 3.63) is 35.4 Å². The minimum Gasteiger partial charge on any atom is -0.329 e. The van der Waals surface area contributed by atoms with E-state index < -0.39 is 0 Å². The van der Waals surface area contributed by atoms with Gasteiger partial charge in [-0.25, -0.2) is 0 Å². The third-order valence-electron chi connectivity index (χ3n) is 4.78. The van der Waals surface area contributed by atoms with Crippen LogP contribution in [0.25, 0.3) is 0 Å². The standard InChI is InChI=1S/C16H26N2/c1-4-15(5-2)18(3)16(12-17)10-13-8-6-7-9-14(13)11-16/h6-9,15H,4-5,10-12,17H2,1-3H3. The molecule has 0 aliphatic heterocycles. The topological polar surface area (TPSA) is 29.3 Å². The maximum absolute atomic E-state index is 6.15. The van der Waals surface area contributed by atoms with Crippen molar-refractivity contribution in [1.82, 2.24) is 4.90 Å². The van der Waals surface area contributed by atoms with E-state index in [0.717, 1.165) is 19.4 Å². The number of hydrogen-bond donors (Lipinski definition) is 1. The van der Waals surface area contributed by atoms with Gasteiger partial charge in [-0.3, -0.25) is 4.90 Å². The lowest BCUT2D eigenvalue weighted by Crippen LogP contribution is -2.56. The van der Waals surface area contributed by atoms with Crippen molar-refractivity contribution in [2.24, 2.45) is 5.73 Å². The van der Waals surface area contributed by atoms with Gasteiger partial charge >= 0.3 is 0 Å². The summed E-state index contributed by atoms with van der Waals surface area (Å²) >= 11 is 0. The Bertz CT molecular complexity index is 371. The van der Waals surface area contributed by atoms with Crippen molar-refractivity contribution in [3.8, 4) is 0 Å². The molecule has 0 bridgehead atoms. The highest BCUT2D eigenvalue weighted by molar-refractivity contribution is 5.36. The largest absolute Gasteiger partial charge is 0.329 e. The summed E-state index contributed by atoms with van der Waals surface area (Å²) in [5, 5.41) is 0. The van der Waals surface area contributed by atoms with Gasteiger partial charge in [-0.15, -0.1) is 0 Å². The first-order valence-electron chi connectivity index (χ1n) is 7.16. The van der Waals surface area contributed by atoms with Crippen molar-refractivity contribution in [3.63, 3.8) is 0 Å². The maximum atomic E-state index is 6.15. The molecule has 2 heteroatoms. The average molecular weight is 246 g/mol. The van der Waals surface area contributed by atoms with Crippen LogP contribution in [-0.2, 0) is 12.8 Å². The van der Waals surface area contributed by atoms with Crippen molar-refractivity contribution in [1.29, 1.82) is 0 Å². The highest BCUT2D eigenvalue weighted by Crippen LogP contribution is 2.35. The van der Waals surface area contributed by atoms with Gasteiger partial charge in [0, 0.05) is 18.1 Å². The molecule has 2 rings (SSSR count). The molecule has 100 valence electrons. The highest BCUT2D eigenvalue weighted by atomic mass is 15.2. The molecule has 0 saturated heterocycles. The molecule has 0 spiro atoms. The lowest BCUT2D eigenvalue weighted by atomic mass is 9.91. The van der Waals surface area contributed by atoms with Gasteiger partial charge in [0.05, 0.1) is 0 Å². The SMILES string of the molecule is CCC(CC)N(C)C1(CN)Cc2ccccc2C1. The molecular formula is C16H26N2. The predicted molar refractivity (Wildman–Crippen MR) is 77.8 cm³/mol. The minimum absolute atomic E-state index is 0.139. The lowest BCUT2D eigenvalue weighted by molar-refractivity contribution is 0.0798. The van der Waals surface area contributed by atoms with E-state index in [4.69, 9.17) is 5.73 Å². The summed E-state index contributed by atoms with van der Waals surface area (Å²) in [7, 11) is 2.26. The van der Waals surface area contributed by atoms with Gasteiger partial charge in [0.15, 0.2) is 0 Å². The van der Waals surface area contributed by atoms with Crippen LogP contribution in [0.5, 0.6) is 0 Å². The van der Waals surface area contributed by atoms with Gasteiger partial charge in [-0.1, -0.05) is 38.1 Å². The van der Waals surface area contributed by atoms with Crippen LogP contribution in [0.3, 0.4) is 0 Å². The second-order valence-corrected chi connectivity index (χ2v) is 5.63. The number of hydrogen-bond acceptors (Lipinski definition) is 2. The van der Waals surface area contributed by atoms with Gasteiger partial charge in [0.2, 0.25) is 0 Å². The van der Waals surface area contributed by atoms with Crippen LogP contribution in [0.1, 0.15) is 37.8 Å². The summed E-state index contributed by atoms with van der Waals surface area (Å²) in [5.41, 5.74) is 9.27. The zero-order valence-electron chi connectivity index (χ0n) is 11.9. The van der Waals surface area contributed by atoms with Gasteiger partial charge in [0.1, 0.15) is 0 Å². The van der Waals surface area contributed by atoms with Gasteiger partial charge in [-0.05, 0) is 43.9 Å². The van der Waals surface area contributed by atoms with Crippen molar-refractivity contribution in [2.45, 2.75) is 51.1 Å². The monoisotopic (exact) mass is 246 g/mol. The van der Waals surface area contributed by atoms with Crippen molar-refractivity contribution in [2.75, 3.05) is 13.6 Å². The zero-order chi connectivity index (χ0) is 13.2. The molecule has 1 aromatic rings.